The van der Waals surface area contributed by atoms with Crippen molar-refractivity contribution in [2.75, 3.05) is 5.32 Å². The minimum Gasteiger partial charge on any atom is -0.306 e. The number of halogens is 2. The van der Waals surface area contributed by atoms with Crippen LogP contribution in [0.4, 0.5) is 5.82 Å². The standard InChI is InChI=1S/C10H6BrIN2OS/c11-8-3-2-7(16-8)10(15)14-9-4-1-6(12)5-13-9/h1-5H,(H,13,14,15). The van der Waals surface area contributed by atoms with Gasteiger partial charge in [0.05, 0.1) is 8.66 Å². The fourth-order valence-electron chi connectivity index (χ4n) is 1.06. The van der Waals surface area contributed by atoms with Gasteiger partial charge < -0.3 is 5.32 Å². The number of carbonyl (C=O) groups excluding carboxylic acids is 1. The molecule has 0 aliphatic heterocycles. The predicted molar refractivity (Wildman–Crippen MR) is 76.9 cm³/mol. The van der Waals surface area contributed by atoms with Crippen molar-refractivity contribution in [3.63, 3.8) is 0 Å². The second-order valence-electron chi connectivity index (χ2n) is 2.92. The van der Waals surface area contributed by atoms with E-state index in [1.165, 1.54) is 11.3 Å². The molecule has 0 aromatic carbocycles. The Morgan fingerprint density at radius 2 is 2.19 bits per heavy atom. The van der Waals surface area contributed by atoms with Crippen molar-refractivity contribution in [1.82, 2.24) is 4.98 Å². The second kappa shape index (κ2) is 5.24. The molecule has 2 rings (SSSR count). The largest absolute Gasteiger partial charge is 0.306 e. The molecular weight excluding hydrogens is 403 g/mol. The first kappa shape index (κ1) is 12.0. The van der Waals surface area contributed by atoms with E-state index in [1.54, 1.807) is 18.3 Å². The Morgan fingerprint density at radius 1 is 1.38 bits per heavy atom. The van der Waals surface area contributed by atoms with E-state index in [1.807, 2.05) is 12.1 Å². The van der Waals surface area contributed by atoms with Gasteiger partial charge in [-0.15, -0.1) is 11.3 Å². The lowest BCUT2D eigenvalue weighted by Gasteiger charge is -2.01. The summed E-state index contributed by atoms with van der Waals surface area (Å²) in [7, 11) is 0. The monoisotopic (exact) mass is 408 g/mol. The number of rotatable bonds is 2. The minimum absolute atomic E-state index is 0.135. The number of nitrogens with one attached hydrogen (secondary N) is 1. The van der Waals surface area contributed by atoms with Crippen LogP contribution >= 0.6 is 49.9 Å². The average molecular weight is 409 g/mol. The van der Waals surface area contributed by atoms with E-state index in [4.69, 9.17) is 0 Å². The summed E-state index contributed by atoms with van der Waals surface area (Å²) < 4.78 is 1.97. The van der Waals surface area contributed by atoms with Crippen molar-refractivity contribution in [3.8, 4) is 0 Å². The van der Waals surface area contributed by atoms with E-state index in [9.17, 15) is 4.79 Å². The summed E-state index contributed by atoms with van der Waals surface area (Å²) >= 11 is 6.88. The summed E-state index contributed by atoms with van der Waals surface area (Å²) in [5.41, 5.74) is 0. The minimum atomic E-state index is -0.135. The zero-order valence-corrected chi connectivity index (χ0v) is 12.5. The average Bonchev–Trinajstić information content (AvgIpc) is 2.68. The molecule has 0 bridgehead atoms. The first-order valence-electron chi connectivity index (χ1n) is 4.33. The third-order valence-electron chi connectivity index (χ3n) is 1.77. The number of hydrogen-bond acceptors (Lipinski definition) is 3. The highest BCUT2D eigenvalue weighted by Crippen LogP contribution is 2.22. The van der Waals surface area contributed by atoms with Crippen LogP contribution < -0.4 is 5.32 Å². The van der Waals surface area contributed by atoms with Crippen LogP contribution in [-0.4, -0.2) is 10.9 Å². The number of hydrogen-bond donors (Lipinski definition) is 1. The lowest BCUT2D eigenvalue weighted by molar-refractivity contribution is 0.103. The molecular formula is C10H6BrIN2OS. The molecule has 1 amide bonds. The molecule has 6 heteroatoms. The Labute approximate surface area is 119 Å². The highest BCUT2D eigenvalue weighted by atomic mass is 127. The van der Waals surface area contributed by atoms with Crippen LogP contribution in [0.2, 0.25) is 0 Å². The van der Waals surface area contributed by atoms with Gasteiger partial charge in [-0.05, 0) is 62.8 Å². The molecule has 0 radical (unpaired) electrons. The quantitative estimate of drug-likeness (QED) is 0.768. The molecule has 0 fully saturated rings. The maximum atomic E-state index is 11.7. The molecule has 0 saturated heterocycles. The molecule has 0 saturated carbocycles. The van der Waals surface area contributed by atoms with Crippen LogP contribution in [0, 0.1) is 3.57 Å². The normalized spacial score (nSPS) is 10.1. The molecule has 0 atom stereocenters. The van der Waals surface area contributed by atoms with Gasteiger partial charge in [0.1, 0.15) is 5.82 Å². The Hall–Kier alpha value is -0.470. The fraction of sp³-hybridized carbons (Fsp3) is 0. The Kier molecular flexibility index (Phi) is 3.93. The Morgan fingerprint density at radius 3 is 2.75 bits per heavy atom. The molecule has 2 heterocycles. The van der Waals surface area contributed by atoms with Crippen molar-refractivity contribution in [1.29, 1.82) is 0 Å². The molecule has 82 valence electrons. The molecule has 0 aliphatic rings. The van der Waals surface area contributed by atoms with Crippen molar-refractivity contribution in [2.24, 2.45) is 0 Å². The lowest BCUT2D eigenvalue weighted by atomic mass is 10.4. The van der Waals surface area contributed by atoms with E-state index < -0.39 is 0 Å². The Balaban J connectivity index is 2.10. The zero-order valence-electron chi connectivity index (χ0n) is 7.91. The van der Waals surface area contributed by atoms with Gasteiger partial charge in [0.25, 0.3) is 5.91 Å². The number of amides is 1. The second-order valence-corrected chi connectivity index (χ2v) is 6.63. The van der Waals surface area contributed by atoms with Crippen molar-refractivity contribution in [3.05, 3.63) is 42.7 Å². The van der Waals surface area contributed by atoms with Gasteiger partial charge in [-0.1, -0.05) is 0 Å². The number of thiophene rings is 1. The van der Waals surface area contributed by atoms with Crippen LogP contribution in [0.5, 0.6) is 0 Å². The first-order chi connectivity index (χ1) is 7.65. The summed E-state index contributed by atoms with van der Waals surface area (Å²) in [6.07, 6.45) is 1.71. The van der Waals surface area contributed by atoms with Crippen molar-refractivity contribution in [2.45, 2.75) is 0 Å². The highest BCUT2D eigenvalue weighted by molar-refractivity contribution is 14.1. The van der Waals surface area contributed by atoms with E-state index in [-0.39, 0.29) is 5.91 Å². The zero-order chi connectivity index (χ0) is 11.5. The summed E-state index contributed by atoms with van der Waals surface area (Å²) in [4.78, 5) is 16.5. The highest BCUT2D eigenvalue weighted by Gasteiger charge is 2.08. The number of pyridine rings is 1. The number of nitrogens with zero attached hydrogens (tertiary/aromatic N) is 1. The molecule has 2 aromatic rings. The Bertz CT molecular complexity index is 512. The molecule has 16 heavy (non-hydrogen) atoms. The number of carbonyl (C=O) groups is 1. The van der Waals surface area contributed by atoms with Crippen LogP contribution in [0.3, 0.4) is 0 Å². The molecule has 2 aromatic heterocycles. The van der Waals surface area contributed by atoms with Crippen LogP contribution in [0.25, 0.3) is 0 Å². The molecule has 0 unspecified atom stereocenters. The molecule has 0 aliphatic carbocycles. The summed E-state index contributed by atoms with van der Waals surface area (Å²) in [5, 5.41) is 2.73. The number of aromatic nitrogens is 1. The topological polar surface area (TPSA) is 42.0 Å². The van der Waals surface area contributed by atoms with E-state index in [2.05, 4.69) is 48.8 Å². The van der Waals surface area contributed by atoms with Crippen LogP contribution in [-0.2, 0) is 0 Å². The van der Waals surface area contributed by atoms with Crippen molar-refractivity contribution < 1.29 is 4.79 Å². The first-order valence-corrected chi connectivity index (χ1v) is 7.02. The molecule has 0 spiro atoms. The third kappa shape index (κ3) is 3.02. The smallest absolute Gasteiger partial charge is 0.266 e. The van der Waals surface area contributed by atoms with E-state index in [0.717, 1.165) is 7.36 Å². The van der Waals surface area contributed by atoms with E-state index in [0.29, 0.717) is 10.7 Å². The van der Waals surface area contributed by atoms with Gasteiger partial charge in [-0.3, -0.25) is 4.79 Å². The van der Waals surface area contributed by atoms with Gasteiger partial charge in [0.2, 0.25) is 0 Å². The predicted octanol–water partition coefficient (Wildman–Crippen LogP) is 3.76. The molecule has 3 nitrogen and oxygen atoms in total. The maximum absolute atomic E-state index is 11.7. The van der Waals surface area contributed by atoms with Crippen molar-refractivity contribution >= 4 is 61.6 Å². The van der Waals surface area contributed by atoms with Gasteiger partial charge >= 0.3 is 0 Å². The molecule has 1 N–H and O–H groups in total. The van der Waals surface area contributed by atoms with Gasteiger partial charge in [0, 0.05) is 9.77 Å². The van der Waals surface area contributed by atoms with Crippen LogP contribution in [0.1, 0.15) is 9.67 Å². The SMILES string of the molecule is O=C(Nc1ccc(I)cn1)c1ccc(Br)s1. The fourth-order valence-corrected chi connectivity index (χ4v) is 2.66. The van der Waals surface area contributed by atoms with Gasteiger partial charge in [0.15, 0.2) is 0 Å². The van der Waals surface area contributed by atoms with Crippen LogP contribution in [0.15, 0.2) is 34.2 Å². The van der Waals surface area contributed by atoms with E-state index >= 15 is 0 Å². The summed E-state index contributed by atoms with van der Waals surface area (Å²) in [6, 6.07) is 7.30. The third-order valence-corrected chi connectivity index (χ3v) is 4.03. The van der Waals surface area contributed by atoms with Gasteiger partial charge in [-0.25, -0.2) is 4.98 Å². The summed E-state index contributed by atoms with van der Waals surface area (Å²) in [5.74, 6) is 0.430. The summed E-state index contributed by atoms with van der Waals surface area (Å²) in [6.45, 7) is 0. The number of anilines is 1. The van der Waals surface area contributed by atoms with Gasteiger partial charge in [-0.2, -0.15) is 0 Å². The maximum Gasteiger partial charge on any atom is 0.266 e. The lowest BCUT2D eigenvalue weighted by Crippen LogP contribution is -2.11.